The number of carbonyl (C=O) groups excluding carboxylic acids is 1. The molecule has 0 atom stereocenters. The number of benzene rings is 3. The Labute approximate surface area is 194 Å². The van der Waals surface area contributed by atoms with Crippen molar-refractivity contribution in [2.45, 2.75) is 33.8 Å². The van der Waals surface area contributed by atoms with Gasteiger partial charge in [-0.3, -0.25) is 4.79 Å². The lowest BCUT2D eigenvalue weighted by Crippen LogP contribution is -2.14. The van der Waals surface area contributed by atoms with Crippen molar-refractivity contribution in [3.8, 4) is 11.8 Å². The number of para-hydroxylation sites is 1. The number of ether oxygens (including phenoxy) is 1. The molecule has 1 N–H and O–H groups in total. The molecule has 0 aromatic heterocycles. The SMILES string of the molecule is CCc1ccccc1NC(=O)/C(C#N)=C/c1cc(Cl)ccc1OCc1ccc(C)c(C)c1. The molecule has 32 heavy (non-hydrogen) atoms. The van der Waals surface area contributed by atoms with Crippen LogP contribution in [0.15, 0.2) is 66.2 Å². The van der Waals surface area contributed by atoms with Gasteiger partial charge in [0.05, 0.1) is 0 Å². The smallest absolute Gasteiger partial charge is 0.266 e. The topological polar surface area (TPSA) is 62.1 Å². The van der Waals surface area contributed by atoms with Crippen LogP contribution in [0.1, 0.15) is 34.7 Å². The fraction of sp³-hybridized carbons (Fsp3) is 0.185. The predicted octanol–water partition coefficient (Wildman–Crippen LogP) is 6.64. The molecular weight excluding hydrogens is 420 g/mol. The highest BCUT2D eigenvalue weighted by Gasteiger charge is 2.13. The molecule has 3 aromatic carbocycles. The van der Waals surface area contributed by atoms with Crippen LogP contribution in [0.2, 0.25) is 5.02 Å². The van der Waals surface area contributed by atoms with Gasteiger partial charge in [-0.2, -0.15) is 5.26 Å². The molecule has 1 amide bonds. The van der Waals surface area contributed by atoms with Crippen LogP contribution in [0.4, 0.5) is 5.69 Å². The number of amides is 1. The molecule has 0 radical (unpaired) electrons. The second-order valence-electron chi connectivity index (χ2n) is 7.52. The molecule has 3 rings (SSSR count). The maximum absolute atomic E-state index is 12.8. The molecule has 0 saturated carbocycles. The Balaban J connectivity index is 1.85. The molecule has 5 heteroatoms. The zero-order valence-electron chi connectivity index (χ0n) is 18.4. The quantitative estimate of drug-likeness (QED) is 0.328. The van der Waals surface area contributed by atoms with Crippen LogP contribution in [0.25, 0.3) is 6.08 Å². The van der Waals surface area contributed by atoms with E-state index in [0.717, 1.165) is 17.5 Å². The zero-order valence-corrected chi connectivity index (χ0v) is 19.2. The third-order valence-corrected chi connectivity index (χ3v) is 5.48. The lowest BCUT2D eigenvalue weighted by atomic mass is 10.1. The first-order chi connectivity index (χ1) is 15.4. The highest BCUT2D eigenvalue weighted by Crippen LogP contribution is 2.27. The van der Waals surface area contributed by atoms with Crippen LogP contribution >= 0.6 is 11.6 Å². The van der Waals surface area contributed by atoms with E-state index in [9.17, 15) is 10.1 Å². The van der Waals surface area contributed by atoms with Gasteiger partial charge in [-0.05, 0) is 72.9 Å². The van der Waals surface area contributed by atoms with Crippen molar-refractivity contribution in [3.63, 3.8) is 0 Å². The van der Waals surface area contributed by atoms with Crippen molar-refractivity contribution in [2.75, 3.05) is 5.32 Å². The number of nitrogens with one attached hydrogen (secondary N) is 1. The summed E-state index contributed by atoms with van der Waals surface area (Å²) in [5.74, 6) is 0.0654. The van der Waals surface area contributed by atoms with E-state index in [2.05, 4.69) is 31.3 Å². The van der Waals surface area contributed by atoms with Crippen molar-refractivity contribution in [1.82, 2.24) is 0 Å². The maximum Gasteiger partial charge on any atom is 0.266 e. The summed E-state index contributed by atoms with van der Waals surface area (Å²) in [5.41, 5.74) is 5.67. The lowest BCUT2D eigenvalue weighted by molar-refractivity contribution is -0.112. The third-order valence-electron chi connectivity index (χ3n) is 5.25. The second kappa shape index (κ2) is 10.7. The molecule has 4 nitrogen and oxygen atoms in total. The largest absolute Gasteiger partial charge is 0.488 e. The van der Waals surface area contributed by atoms with Crippen molar-refractivity contribution in [1.29, 1.82) is 5.26 Å². The molecule has 0 spiro atoms. The Kier molecular flexibility index (Phi) is 7.70. The van der Waals surface area contributed by atoms with E-state index in [1.807, 2.05) is 43.3 Å². The Morgan fingerprint density at radius 2 is 1.88 bits per heavy atom. The van der Waals surface area contributed by atoms with Gasteiger partial charge in [-0.25, -0.2) is 0 Å². The number of nitrogens with zero attached hydrogens (tertiary/aromatic N) is 1. The first-order valence-electron chi connectivity index (χ1n) is 10.4. The van der Waals surface area contributed by atoms with Crippen LogP contribution in [0.5, 0.6) is 5.75 Å². The predicted molar refractivity (Wildman–Crippen MR) is 130 cm³/mol. The average Bonchev–Trinajstić information content (AvgIpc) is 2.79. The summed E-state index contributed by atoms with van der Waals surface area (Å²) in [4.78, 5) is 12.8. The standard InChI is InChI=1S/C27H25ClN2O2/c1-4-21-7-5-6-8-25(21)30-27(31)23(16-29)14-22-15-24(28)11-12-26(22)32-17-20-10-9-18(2)19(3)13-20/h5-15H,4,17H2,1-3H3,(H,30,31)/b23-14+. The zero-order chi connectivity index (χ0) is 23.1. The fourth-order valence-corrected chi connectivity index (χ4v) is 3.44. The van der Waals surface area contributed by atoms with Gasteiger partial charge in [-0.15, -0.1) is 0 Å². The summed E-state index contributed by atoms with van der Waals surface area (Å²) >= 11 is 6.18. The summed E-state index contributed by atoms with van der Waals surface area (Å²) in [6, 6.07) is 20.8. The van der Waals surface area contributed by atoms with Gasteiger partial charge in [0.15, 0.2) is 0 Å². The second-order valence-corrected chi connectivity index (χ2v) is 7.96. The molecule has 0 bridgehead atoms. The van der Waals surface area contributed by atoms with Gasteiger partial charge >= 0.3 is 0 Å². The van der Waals surface area contributed by atoms with E-state index in [0.29, 0.717) is 28.6 Å². The number of hydrogen-bond donors (Lipinski definition) is 1. The van der Waals surface area contributed by atoms with E-state index in [1.54, 1.807) is 18.2 Å². The van der Waals surface area contributed by atoms with Crippen LogP contribution in [-0.4, -0.2) is 5.91 Å². The number of nitriles is 1. The highest BCUT2D eigenvalue weighted by molar-refractivity contribution is 6.30. The normalized spacial score (nSPS) is 11.0. The van der Waals surface area contributed by atoms with Crippen molar-refractivity contribution in [2.24, 2.45) is 0 Å². The Morgan fingerprint density at radius 1 is 1.09 bits per heavy atom. The molecule has 0 aliphatic rings. The summed E-state index contributed by atoms with van der Waals surface area (Å²) in [5, 5.41) is 13.0. The van der Waals surface area contributed by atoms with Gasteiger partial charge in [0.2, 0.25) is 0 Å². The summed E-state index contributed by atoms with van der Waals surface area (Å²) < 4.78 is 6.01. The van der Waals surface area contributed by atoms with E-state index < -0.39 is 5.91 Å². The Morgan fingerprint density at radius 3 is 2.59 bits per heavy atom. The number of carbonyl (C=O) groups is 1. The lowest BCUT2D eigenvalue weighted by Gasteiger charge is -2.12. The van der Waals surface area contributed by atoms with Gasteiger partial charge in [0.1, 0.15) is 24.0 Å². The molecule has 3 aromatic rings. The summed E-state index contributed by atoms with van der Waals surface area (Å²) in [6.07, 6.45) is 2.28. The van der Waals surface area contributed by atoms with E-state index >= 15 is 0 Å². The van der Waals surface area contributed by atoms with E-state index in [-0.39, 0.29) is 5.57 Å². The van der Waals surface area contributed by atoms with Gasteiger partial charge < -0.3 is 10.1 Å². The van der Waals surface area contributed by atoms with Crippen LogP contribution in [0, 0.1) is 25.2 Å². The Bertz CT molecular complexity index is 1210. The molecule has 0 fully saturated rings. The molecule has 162 valence electrons. The minimum atomic E-state index is -0.478. The molecular formula is C27H25ClN2O2. The molecule has 0 unspecified atom stereocenters. The Hall–Kier alpha value is -3.55. The molecule has 0 heterocycles. The molecule has 0 saturated heterocycles. The minimum Gasteiger partial charge on any atom is -0.488 e. The van der Waals surface area contributed by atoms with E-state index in [1.165, 1.54) is 17.2 Å². The number of halogens is 1. The highest BCUT2D eigenvalue weighted by atomic mass is 35.5. The first kappa shape index (κ1) is 23.1. The third kappa shape index (κ3) is 5.78. The van der Waals surface area contributed by atoms with Crippen LogP contribution < -0.4 is 10.1 Å². The van der Waals surface area contributed by atoms with Gasteiger partial charge in [0.25, 0.3) is 5.91 Å². The van der Waals surface area contributed by atoms with E-state index in [4.69, 9.17) is 16.3 Å². The summed E-state index contributed by atoms with van der Waals surface area (Å²) in [6.45, 7) is 6.50. The molecule has 0 aliphatic heterocycles. The number of anilines is 1. The number of hydrogen-bond acceptors (Lipinski definition) is 3. The first-order valence-corrected chi connectivity index (χ1v) is 10.8. The maximum atomic E-state index is 12.8. The summed E-state index contributed by atoms with van der Waals surface area (Å²) in [7, 11) is 0. The monoisotopic (exact) mass is 444 g/mol. The fourth-order valence-electron chi connectivity index (χ4n) is 3.26. The van der Waals surface area contributed by atoms with Crippen molar-refractivity contribution < 1.29 is 9.53 Å². The van der Waals surface area contributed by atoms with Crippen molar-refractivity contribution in [3.05, 3.63) is 99.1 Å². The minimum absolute atomic E-state index is 0.0331. The molecule has 0 aliphatic carbocycles. The van der Waals surface area contributed by atoms with Crippen molar-refractivity contribution >= 4 is 29.3 Å². The van der Waals surface area contributed by atoms with Crippen LogP contribution in [-0.2, 0) is 17.8 Å². The van der Waals surface area contributed by atoms with Gasteiger partial charge in [0, 0.05) is 16.3 Å². The number of aryl methyl sites for hydroxylation is 3. The average molecular weight is 445 g/mol. The number of rotatable bonds is 7. The van der Waals surface area contributed by atoms with Crippen LogP contribution in [0.3, 0.4) is 0 Å². The van der Waals surface area contributed by atoms with Gasteiger partial charge in [-0.1, -0.05) is 54.9 Å².